The Bertz CT molecular complexity index is 552. The molecule has 0 saturated carbocycles. The summed E-state index contributed by atoms with van der Waals surface area (Å²) in [5.74, 6) is 0.0921. The van der Waals surface area contributed by atoms with Gasteiger partial charge in [-0.2, -0.15) is 0 Å². The highest BCUT2D eigenvalue weighted by Crippen LogP contribution is 2.09. The van der Waals surface area contributed by atoms with Gasteiger partial charge in [-0.15, -0.1) is 0 Å². The minimum atomic E-state index is 0.0921. The van der Waals surface area contributed by atoms with Gasteiger partial charge in [0.15, 0.2) is 0 Å². The molecule has 98 valence electrons. The summed E-state index contributed by atoms with van der Waals surface area (Å²) in [5.41, 5.74) is 8.48. The molecule has 2 aromatic carbocycles. The van der Waals surface area contributed by atoms with E-state index in [1.165, 1.54) is 0 Å². The standard InChI is InChI=1S/C16H18N2O/c1-18(12-13-6-3-2-4-7-13)16(19)11-14-8-5-9-15(17)10-14/h2-10H,11-12,17H2,1H3. The number of benzene rings is 2. The van der Waals surface area contributed by atoms with Crippen LogP contribution < -0.4 is 5.73 Å². The van der Waals surface area contributed by atoms with Crippen molar-refractivity contribution in [2.75, 3.05) is 12.8 Å². The fraction of sp³-hybridized carbons (Fsp3) is 0.188. The molecule has 2 aromatic rings. The molecule has 0 unspecified atom stereocenters. The molecule has 19 heavy (non-hydrogen) atoms. The zero-order chi connectivity index (χ0) is 13.7. The molecule has 0 aromatic heterocycles. The minimum Gasteiger partial charge on any atom is -0.399 e. The molecule has 1 amide bonds. The van der Waals surface area contributed by atoms with Crippen LogP contribution in [-0.4, -0.2) is 17.9 Å². The van der Waals surface area contributed by atoms with Crippen molar-refractivity contribution in [1.82, 2.24) is 4.90 Å². The van der Waals surface area contributed by atoms with Crippen LogP contribution in [0.25, 0.3) is 0 Å². The molecule has 0 aliphatic heterocycles. The van der Waals surface area contributed by atoms with Crippen molar-refractivity contribution in [3.05, 3.63) is 65.7 Å². The molecular formula is C16H18N2O. The Morgan fingerprint density at radius 2 is 1.74 bits per heavy atom. The largest absolute Gasteiger partial charge is 0.399 e. The van der Waals surface area contributed by atoms with Crippen molar-refractivity contribution >= 4 is 11.6 Å². The summed E-state index contributed by atoms with van der Waals surface area (Å²) in [5, 5.41) is 0. The Morgan fingerprint density at radius 3 is 2.42 bits per heavy atom. The Balaban J connectivity index is 1.96. The van der Waals surface area contributed by atoms with Crippen LogP contribution in [0.4, 0.5) is 5.69 Å². The van der Waals surface area contributed by atoms with Gasteiger partial charge in [0, 0.05) is 19.3 Å². The first-order valence-electron chi connectivity index (χ1n) is 6.27. The molecule has 0 heterocycles. The number of amides is 1. The van der Waals surface area contributed by atoms with Crippen molar-refractivity contribution in [2.24, 2.45) is 0 Å². The van der Waals surface area contributed by atoms with Crippen molar-refractivity contribution in [1.29, 1.82) is 0 Å². The Kier molecular flexibility index (Phi) is 4.18. The number of carbonyl (C=O) groups is 1. The molecule has 3 heteroatoms. The van der Waals surface area contributed by atoms with Gasteiger partial charge in [0.25, 0.3) is 0 Å². The third kappa shape index (κ3) is 3.85. The molecule has 0 fully saturated rings. The van der Waals surface area contributed by atoms with E-state index in [-0.39, 0.29) is 5.91 Å². The highest BCUT2D eigenvalue weighted by atomic mass is 16.2. The maximum Gasteiger partial charge on any atom is 0.227 e. The van der Waals surface area contributed by atoms with Gasteiger partial charge in [-0.1, -0.05) is 42.5 Å². The number of nitrogens with two attached hydrogens (primary N) is 1. The molecular weight excluding hydrogens is 236 g/mol. The topological polar surface area (TPSA) is 46.3 Å². The van der Waals surface area contributed by atoms with Gasteiger partial charge in [0.2, 0.25) is 5.91 Å². The van der Waals surface area contributed by atoms with Crippen molar-refractivity contribution in [3.63, 3.8) is 0 Å². The number of carbonyl (C=O) groups excluding carboxylic acids is 1. The normalized spacial score (nSPS) is 10.2. The second-order valence-electron chi connectivity index (χ2n) is 4.66. The van der Waals surface area contributed by atoms with Gasteiger partial charge in [0.05, 0.1) is 6.42 Å². The van der Waals surface area contributed by atoms with Crippen LogP contribution >= 0.6 is 0 Å². The molecule has 0 atom stereocenters. The van der Waals surface area contributed by atoms with E-state index < -0.39 is 0 Å². The second kappa shape index (κ2) is 6.05. The summed E-state index contributed by atoms with van der Waals surface area (Å²) in [7, 11) is 1.82. The van der Waals surface area contributed by atoms with E-state index in [4.69, 9.17) is 5.73 Å². The number of hydrogen-bond donors (Lipinski definition) is 1. The first kappa shape index (κ1) is 13.1. The second-order valence-corrected chi connectivity index (χ2v) is 4.66. The van der Waals surface area contributed by atoms with Crippen LogP contribution in [0, 0.1) is 0 Å². The first-order chi connectivity index (χ1) is 9.15. The summed E-state index contributed by atoms with van der Waals surface area (Å²) < 4.78 is 0. The lowest BCUT2D eigenvalue weighted by Crippen LogP contribution is -2.27. The first-order valence-corrected chi connectivity index (χ1v) is 6.27. The molecule has 2 N–H and O–H groups in total. The van der Waals surface area contributed by atoms with Gasteiger partial charge < -0.3 is 10.6 Å². The van der Waals surface area contributed by atoms with Crippen LogP contribution in [-0.2, 0) is 17.8 Å². The van der Waals surface area contributed by atoms with Gasteiger partial charge in [-0.3, -0.25) is 4.79 Å². The van der Waals surface area contributed by atoms with E-state index in [0.29, 0.717) is 18.7 Å². The summed E-state index contributed by atoms with van der Waals surface area (Å²) in [6, 6.07) is 17.4. The Hall–Kier alpha value is -2.29. The lowest BCUT2D eigenvalue weighted by Gasteiger charge is -2.17. The van der Waals surface area contributed by atoms with Crippen LogP contribution in [0.15, 0.2) is 54.6 Å². The fourth-order valence-electron chi connectivity index (χ4n) is 1.96. The van der Waals surface area contributed by atoms with E-state index in [2.05, 4.69) is 0 Å². The summed E-state index contributed by atoms with van der Waals surface area (Å²) in [6.45, 7) is 0.627. The van der Waals surface area contributed by atoms with Crippen molar-refractivity contribution < 1.29 is 4.79 Å². The van der Waals surface area contributed by atoms with Gasteiger partial charge in [-0.05, 0) is 23.3 Å². The third-order valence-corrected chi connectivity index (χ3v) is 2.99. The highest BCUT2D eigenvalue weighted by molar-refractivity contribution is 5.78. The summed E-state index contributed by atoms with van der Waals surface area (Å²) >= 11 is 0. The van der Waals surface area contributed by atoms with E-state index in [0.717, 1.165) is 11.1 Å². The SMILES string of the molecule is CN(Cc1ccccc1)C(=O)Cc1cccc(N)c1. The van der Waals surface area contributed by atoms with E-state index in [1.807, 2.05) is 61.6 Å². The minimum absolute atomic E-state index is 0.0921. The fourth-order valence-corrected chi connectivity index (χ4v) is 1.96. The molecule has 3 nitrogen and oxygen atoms in total. The average Bonchev–Trinajstić information content (AvgIpc) is 2.40. The van der Waals surface area contributed by atoms with E-state index in [9.17, 15) is 4.79 Å². The smallest absolute Gasteiger partial charge is 0.227 e. The van der Waals surface area contributed by atoms with E-state index in [1.54, 1.807) is 4.90 Å². The van der Waals surface area contributed by atoms with Crippen molar-refractivity contribution in [2.45, 2.75) is 13.0 Å². The molecule has 0 saturated heterocycles. The molecule has 0 radical (unpaired) electrons. The van der Waals surface area contributed by atoms with Crippen LogP contribution in [0.2, 0.25) is 0 Å². The maximum atomic E-state index is 12.1. The molecule has 2 rings (SSSR count). The Morgan fingerprint density at radius 1 is 1.05 bits per heavy atom. The quantitative estimate of drug-likeness (QED) is 0.852. The highest BCUT2D eigenvalue weighted by Gasteiger charge is 2.10. The molecule has 0 bridgehead atoms. The number of rotatable bonds is 4. The van der Waals surface area contributed by atoms with Crippen LogP contribution in [0.3, 0.4) is 0 Å². The predicted octanol–water partition coefficient (Wildman–Crippen LogP) is 2.47. The monoisotopic (exact) mass is 254 g/mol. The predicted molar refractivity (Wildman–Crippen MR) is 77.5 cm³/mol. The zero-order valence-corrected chi connectivity index (χ0v) is 11.0. The summed E-state index contributed by atoms with van der Waals surface area (Å²) in [6.07, 6.45) is 0.383. The van der Waals surface area contributed by atoms with E-state index >= 15 is 0 Å². The van der Waals surface area contributed by atoms with Crippen LogP contribution in [0.1, 0.15) is 11.1 Å². The third-order valence-electron chi connectivity index (χ3n) is 2.99. The molecule has 0 spiro atoms. The van der Waals surface area contributed by atoms with Crippen LogP contribution in [0.5, 0.6) is 0 Å². The summed E-state index contributed by atoms with van der Waals surface area (Å²) in [4.78, 5) is 13.8. The Labute approximate surface area is 113 Å². The lowest BCUT2D eigenvalue weighted by atomic mass is 10.1. The maximum absolute atomic E-state index is 12.1. The van der Waals surface area contributed by atoms with Gasteiger partial charge in [0.1, 0.15) is 0 Å². The number of hydrogen-bond acceptors (Lipinski definition) is 2. The van der Waals surface area contributed by atoms with Gasteiger partial charge in [-0.25, -0.2) is 0 Å². The number of likely N-dealkylation sites (N-methyl/N-ethyl adjacent to an activating group) is 1. The number of nitrogen functional groups attached to an aromatic ring is 1. The average molecular weight is 254 g/mol. The number of nitrogens with zero attached hydrogens (tertiary/aromatic N) is 1. The lowest BCUT2D eigenvalue weighted by molar-refractivity contribution is -0.129. The molecule has 0 aliphatic rings. The van der Waals surface area contributed by atoms with Crippen molar-refractivity contribution in [3.8, 4) is 0 Å². The van der Waals surface area contributed by atoms with Gasteiger partial charge >= 0.3 is 0 Å². The molecule has 0 aliphatic carbocycles. The number of anilines is 1. The zero-order valence-electron chi connectivity index (χ0n) is 11.0.